The standard InChI is InChI=1S/C18H20ClNO4S2/c1-4-6-24-17-12(19)7-11(8-14(17)22-3)9-15-13(20-18(25)26-15)10-16(21)23-5-2/h7-10H,4-6H2,1-3H3,(H,20,25)/b13-10-,15-9-. The van der Waals surface area contributed by atoms with Crippen LogP contribution in [0, 0.1) is 3.95 Å². The number of aromatic amines is 1. The van der Waals surface area contributed by atoms with Gasteiger partial charge in [0.15, 0.2) is 15.5 Å². The summed E-state index contributed by atoms with van der Waals surface area (Å²) < 4.78 is 17.4. The third-order valence-electron chi connectivity index (χ3n) is 3.25. The monoisotopic (exact) mass is 413 g/mol. The molecule has 0 bridgehead atoms. The molecule has 5 nitrogen and oxygen atoms in total. The lowest BCUT2D eigenvalue weighted by molar-refractivity contribution is -0.135. The molecule has 1 aromatic heterocycles. The van der Waals surface area contributed by atoms with Gasteiger partial charge in [0.2, 0.25) is 0 Å². The highest BCUT2D eigenvalue weighted by atomic mass is 35.5. The highest BCUT2D eigenvalue weighted by Gasteiger charge is 2.11. The number of ether oxygens (including phenoxy) is 3. The van der Waals surface area contributed by atoms with Gasteiger partial charge < -0.3 is 19.2 Å². The Hall–Kier alpha value is -1.83. The molecule has 26 heavy (non-hydrogen) atoms. The smallest absolute Gasteiger partial charge is 0.332 e. The molecule has 140 valence electrons. The maximum atomic E-state index is 11.7. The number of halogens is 1. The second kappa shape index (κ2) is 9.75. The molecule has 0 amide bonds. The summed E-state index contributed by atoms with van der Waals surface area (Å²) in [6, 6.07) is 3.61. The Morgan fingerprint density at radius 1 is 1.38 bits per heavy atom. The predicted molar refractivity (Wildman–Crippen MR) is 107 cm³/mol. The second-order valence-corrected chi connectivity index (χ2v) is 7.34. The van der Waals surface area contributed by atoms with Crippen LogP contribution in [0.15, 0.2) is 12.1 Å². The fourth-order valence-electron chi connectivity index (χ4n) is 2.19. The van der Waals surface area contributed by atoms with Gasteiger partial charge in [-0.15, -0.1) is 11.3 Å². The predicted octanol–water partition coefficient (Wildman–Crippen LogP) is 3.43. The molecule has 0 radical (unpaired) electrons. The summed E-state index contributed by atoms with van der Waals surface area (Å²) >= 11 is 12.9. The van der Waals surface area contributed by atoms with Gasteiger partial charge in [-0.3, -0.25) is 0 Å². The number of carbonyl (C=O) groups excluding carboxylic acids is 1. The topological polar surface area (TPSA) is 60.6 Å². The number of thiazole rings is 1. The van der Waals surface area contributed by atoms with Crippen LogP contribution in [-0.2, 0) is 9.53 Å². The van der Waals surface area contributed by atoms with Crippen molar-refractivity contribution in [2.24, 2.45) is 0 Å². The quantitative estimate of drug-likeness (QED) is 0.556. The third-order valence-corrected chi connectivity index (χ3v) is 4.73. The van der Waals surface area contributed by atoms with E-state index in [9.17, 15) is 4.79 Å². The number of nitrogens with one attached hydrogen (secondary N) is 1. The van der Waals surface area contributed by atoms with Crippen molar-refractivity contribution < 1.29 is 19.0 Å². The summed E-state index contributed by atoms with van der Waals surface area (Å²) in [5.41, 5.74) is 0.805. The van der Waals surface area contributed by atoms with E-state index in [2.05, 4.69) is 4.98 Å². The van der Waals surface area contributed by atoms with E-state index in [1.165, 1.54) is 17.4 Å². The number of aromatic nitrogens is 1. The molecule has 1 N–H and O–H groups in total. The molecule has 1 aromatic carbocycles. The fourth-order valence-corrected chi connectivity index (χ4v) is 3.62. The lowest BCUT2D eigenvalue weighted by Gasteiger charge is -2.12. The molecule has 2 aromatic rings. The van der Waals surface area contributed by atoms with Crippen molar-refractivity contribution in [3.63, 3.8) is 0 Å². The summed E-state index contributed by atoms with van der Waals surface area (Å²) in [4.78, 5) is 14.7. The first-order chi connectivity index (χ1) is 12.5. The molecular formula is C18H20ClNO4S2. The fraction of sp³-hybridized carbons (Fsp3) is 0.333. The van der Waals surface area contributed by atoms with E-state index in [0.717, 1.165) is 16.5 Å². The van der Waals surface area contributed by atoms with E-state index in [1.54, 1.807) is 20.1 Å². The van der Waals surface area contributed by atoms with Crippen LogP contribution in [0.2, 0.25) is 5.02 Å². The number of hydrogen-bond acceptors (Lipinski definition) is 6. The Labute approximate surface area is 165 Å². The molecule has 0 unspecified atom stereocenters. The van der Waals surface area contributed by atoms with Gasteiger partial charge in [-0.1, -0.05) is 18.5 Å². The lowest BCUT2D eigenvalue weighted by atomic mass is 10.2. The van der Waals surface area contributed by atoms with Gasteiger partial charge >= 0.3 is 5.97 Å². The minimum atomic E-state index is -0.426. The van der Waals surface area contributed by atoms with E-state index in [0.29, 0.717) is 39.0 Å². The van der Waals surface area contributed by atoms with Gasteiger partial charge in [0.05, 0.1) is 35.2 Å². The van der Waals surface area contributed by atoms with Crippen molar-refractivity contribution in [2.75, 3.05) is 20.3 Å². The van der Waals surface area contributed by atoms with Crippen LogP contribution in [0.3, 0.4) is 0 Å². The molecule has 0 atom stereocenters. The first-order valence-corrected chi connectivity index (χ1v) is 9.68. The van der Waals surface area contributed by atoms with Crippen LogP contribution in [0.1, 0.15) is 25.8 Å². The normalized spacial score (nSPS) is 12.3. The van der Waals surface area contributed by atoms with Crippen molar-refractivity contribution in [3.05, 3.63) is 36.6 Å². The molecular weight excluding hydrogens is 394 g/mol. The Balaban J connectivity index is 2.52. The maximum absolute atomic E-state index is 11.7. The average molecular weight is 414 g/mol. The summed E-state index contributed by atoms with van der Waals surface area (Å²) in [6.07, 6.45) is 4.13. The molecule has 8 heteroatoms. The van der Waals surface area contributed by atoms with Gasteiger partial charge in [0.25, 0.3) is 0 Å². The number of methoxy groups -OCH3 is 1. The van der Waals surface area contributed by atoms with Gasteiger partial charge in [-0.05, 0) is 49.3 Å². The highest BCUT2D eigenvalue weighted by molar-refractivity contribution is 7.73. The van der Waals surface area contributed by atoms with E-state index in [4.69, 9.17) is 38.0 Å². The first kappa shape index (κ1) is 20.5. The molecule has 0 aliphatic rings. The molecule has 0 saturated heterocycles. The van der Waals surface area contributed by atoms with E-state index in [1.807, 2.05) is 19.1 Å². The van der Waals surface area contributed by atoms with Crippen molar-refractivity contribution in [3.8, 4) is 11.5 Å². The van der Waals surface area contributed by atoms with Crippen LogP contribution >= 0.6 is 35.2 Å². The zero-order valence-electron chi connectivity index (χ0n) is 14.8. The molecule has 0 aliphatic carbocycles. The zero-order valence-corrected chi connectivity index (χ0v) is 17.1. The number of rotatable bonds is 7. The van der Waals surface area contributed by atoms with Crippen molar-refractivity contribution in [1.82, 2.24) is 4.98 Å². The van der Waals surface area contributed by atoms with Crippen LogP contribution in [0.4, 0.5) is 0 Å². The Morgan fingerprint density at radius 3 is 2.81 bits per heavy atom. The average Bonchev–Trinajstić information content (AvgIpc) is 2.92. The number of H-pyrrole nitrogens is 1. The van der Waals surface area contributed by atoms with Gasteiger partial charge in [-0.2, -0.15) is 0 Å². The molecule has 2 rings (SSSR count). The van der Waals surface area contributed by atoms with Gasteiger partial charge in [0, 0.05) is 6.08 Å². The SMILES string of the molecule is CCCOc1c(Cl)cc(/C=c2\sc(=S)[nH]\c2=C/C(=O)OCC)cc1OC. The third kappa shape index (κ3) is 5.33. The number of hydrogen-bond donors (Lipinski definition) is 1. The van der Waals surface area contributed by atoms with Crippen LogP contribution in [0.5, 0.6) is 11.5 Å². The van der Waals surface area contributed by atoms with Crippen LogP contribution in [-0.4, -0.2) is 31.3 Å². The largest absolute Gasteiger partial charge is 0.493 e. The molecule has 1 heterocycles. The molecule has 0 aliphatic heterocycles. The second-order valence-electron chi connectivity index (χ2n) is 5.22. The summed E-state index contributed by atoms with van der Waals surface area (Å²) in [5.74, 6) is 0.644. The number of esters is 1. The van der Waals surface area contributed by atoms with Gasteiger partial charge in [-0.25, -0.2) is 4.79 Å². The Bertz CT molecular complexity index is 949. The molecule has 0 saturated carbocycles. The summed E-state index contributed by atoms with van der Waals surface area (Å²) in [5, 5.41) is 1.05. The van der Waals surface area contributed by atoms with Crippen molar-refractivity contribution >= 4 is 53.3 Å². The molecule has 0 spiro atoms. The minimum Gasteiger partial charge on any atom is -0.493 e. The summed E-state index contributed by atoms with van der Waals surface area (Å²) in [6.45, 7) is 4.64. The van der Waals surface area contributed by atoms with Crippen LogP contribution in [0.25, 0.3) is 12.2 Å². The van der Waals surface area contributed by atoms with Crippen LogP contribution < -0.4 is 19.4 Å². The van der Waals surface area contributed by atoms with E-state index in [-0.39, 0.29) is 0 Å². The summed E-state index contributed by atoms with van der Waals surface area (Å²) in [7, 11) is 1.56. The van der Waals surface area contributed by atoms with E-state index >= 15 is 0 Å². The lowest BCUT2D eigenvalue weighted by Crippen LogP contribution is -2.23. The van der Waals surface area contributed by atoms with E-state index < -0.39 is 5.97 Å². The Morgan fingerprint density at radius 2 is 2.15 bits per heavy atom. The number of carbonyl (C=O) groups is 1. The zero-order chi connectivity index (χ0) is 19.1. The van der Waals surface area contributed by atoms with Crippen molar-refractivity contribution in [2.45, 2.75) is 20.3 Å². The minimum absolute atomic E-state index is 0.311. The maximum Gasteiger partial charge on any atom is 0.332 e. The van der Waals surface area contributed by atoms with Gasteiger partial charge in [0.1, 0.15) is 0 Å². The number of benzene rings is 1. The first-order valence-electron chi connectivity index (χ1n) is 8.08. The molecule has 0 fully saturated rings. The highest BCUT2D eigenvalue weighted by Crippen LogP contribution is 2.36. The van der Waals surface area contributed by atoms with Crippen molar-refractivity contribution in [1.29, 1.82) is 0 Å². The Kier molecular flexibility index (Phi) is 7.68.